The first-order valence-electron chi connectivity index (χ1n) is 10.1. The summed E-state index contributed by atoms with van der Waals surface area (Å²) in [5.74, 6) is 0.173. The molecule has 0 unspecified atom stereocenters. The second-order valence-electron chi connectivity index (χ2n) is 7.46. The van der Waals surface area contributed by atoms with Gasteiger partial charge in [0.05, 0.1) is 18.1 Å². The lowest BCUT2D eigenvalue weighted by Crippen LogP contribution is -2.21. The fraction of sp³-hybridized carbons (Fsp3) is 0.167. The van der Waals surface area contributed by atoms with Crippen molar-refractivity contribution in [2.45, 2.75) is 13.5 Å². The molecule has 0 bridgehead atoms. The van der Waals surface area contributed by atoms with E-state index in [2.05, 4.69) is 20.2 Å². The molecule has 0 saturated carbocycles. The summed E-state index contributed by atoms with van der Waals surface area (Å²) in [5, 5.41) is 8.20. The molecule has 4 aromatic rings. The van der Waals surface area contributed by atoms with Gasteiger partial charge in [-0.2, -0.15) is 0 Å². The Balaban J connectivity index is 1.53. The van der Waals surface area contributed by atoms with E-state index in [-0.39, 0.29) is 24.4 Å². The van der Waals surface area contributed by atoms with Crippen molar-refractivity contribution in [1.82, 2.24) is 25.1 Å². The first kappa shape index (κ1) is 21.8. The molecule has 0 aliphatic carbocycles. The Morgan fingerprint density at radius 3 is 2.18 bits per heavy atom. The van der Waals surface area contributed by atoms with Crippen LogP contribution < -0.4 is 0 Å². The molecule has 0 radical (unpaired) electrons. The largest absolute Gasteiger partial charge is 0.461 e. The van der Waals surface area contributed by atoms with Gasteiger partial charge in [0.1, 0.15) is 12.3 Å². The highest BCUT2D eigenvalue weighted by Crippen LogP contribution is 2.25. The maximum Gasteiger partial charge on any atom is 0.302 e. The molecule has 0 aliphatic heterocycles. The summed E-state index contributed by atoms with van der Waals surface area (Å²) >= 11 is 0. The minimum Gasteiger partial charge on any atom is -0.461 e. The molecule has 0 aliphatic rings. The van der Waals surface area contributed by atoms with Gasteiger partial charge in [0.25, 0.3) is 11.8 Å². The zero-order chi connectivity index (χ0) is 23.4. The van der Waals surface area contributed by atoms with E-state index in [9.17, 15) is 9.59 Å². The van der Waals surface area contributed by atoms with Crippen LogP contribution in [-0.4, -0.2) is 51.0 Å². The van der Waals surface area contributed by atoms with Gasteiger partial charge in [0, 0.05) is 37.7 Å². The van der Waals surface area contributed by atoms with Gasteiger partial charge in [0.2, 0.25) is 5.89 Å². The normalized spacial score (nSPS) is 10.6. The quantitative estimate of drug-likeness (QED) is 0.416. The fourth-order valence-corrected chi connectivity index (χ4v) is 3.02. The Bertz CT molecular complexity index is 1280. The zero-order valence-electron chi connectivity index (χ0n) is 18.3. The maximum absolute atomic E-state index is 12.1. The van der Waals surface area contributed by atoms with Gasteiger partial charge in [-0.15, -0.1) is 10.2 Å². The van der Waals surface area contributed by atoms with Crippen LogP contribution in [0.3, 0.4) is 0 Å². The van der Waals surface area contributed by atoms with E-state index in [4.69, 9.17) is 9.15 Å². The van der Waals surface area contributed by atoms with Crippen molar-refractivity contribution in [3.63, 3.8) is 0 Å². The molecule has 2 aromatic carbocycles. The number of carbonyl (C=O) groups is 2. The summed E-state index contributed by atoms with van der Waals surface area (Å²) in [5.41, 5.74) is 4.03. The van der Waals surface area contributed by atoms with Gasteiger partial charge < -0.3 is 14.1 Å². The second kappa shape index (κ2) is 9.39. The Labute approximate surface area is 190 Å². The number of hydrogen-bond donors (Lipinski definition) is 0. The first-order valence-corrected chi connectivity index (χ1v) is 10.1. The molecule has 0 saturated heterocycles. The number of hydrogen-bond acceptors (Lipinski definition) is 8. The molecule has 2 aromatic heterocycles. The minimum absolute atomic E-state index is 0.0702. The molecular weight excluding hydrogens is 422 g/mol. The van der Waals surface area contributed by atoms with Gasteiger partial charge in [0.15, 0.2) is 0 Å². The monoisotopic (exact) mass is 443 g/mol. The van der Waals surface area contributed by atoms with Crippen molar-refractivity contribution >= 4 is 11.9 Å². The summed E-state index contributed by atoms with van der Waals surface area (Å²) in [7, 11) is 3.42. The average molecular weight is 443 g/mol. The molecule has 2 heterocycles. The van der Waals surface area contributed by atoms with Crippen LogP contribution in [0.25, 0.3) is 34.3 Å². The van der Waals surface area contributed by atoms with Crippen LogP contribution in [0.15, 0.2) is 65.3 Å². The van der Waals surface area contributed by atoms with Gasteiger partial charge in [-0.05, 0) is 29.8 Å². The summed E-state index contributed by atoms with van der Waals surface area (Å²) in [6, 6.07) is 14.4. The third-order valence-electron chi connectivity index (χ3n) is 4.76. The van der Waals surface area contributed by atoms with Crippen LogP contribution in [0.5, 0.6) is 0 Å². The van der Waals surface area contributed by atoms with Crippen LogP contribution in [0, 0.1) is 0 Å². The molecular formula is C24H21N5O4. The Morgan fingerprint density at radius 1 is 0.879 bits per heavy atom. The molecule has 4 rings (SSSR count). The highest BCUT2D eigenvalue weighted by Gasteiger charge is 2.14. The van der Waals surface area contributed by atoms with E-state index >= 15 is 0 Å². The average Bonchev–Trinajstić information content (AvgIpc) is 3.33. The molecule has 1 amide bonds. The lowest BCUT2D eigenvalue weighted by Gasteiger charge is -2.10. The second-order valence-corrected chi connectivity index (χ2v) is 7.46. The third kappa shape index (κ3) is 5.09. The molecule has 9 heteroatoms. The summed E-state index contributed by atoms with van der Waals surface area (Å²) in [6.45, 7) is 1.57. The van der Waals surface area contributed by atoms with E-state index in [0.29, 0.717) is 22.8 Å². The van der Waals surface area contributed by atoms with Crippen LogP contribution in [0.1, 0.15) is 22.8 Å². The predicted molar refractivity (Wildman–Crippen MR) is 120 cm³/mol. The standard InChI is InChI=1S/C24H21N5O4/c1-15(30)32-14-16-4-6-18(7-5-16)22-27-28-23(33-22)21-13-25-12-20(26-21)17-8-10-19(11-9-17)24(31)29(2)3/h4-13H,14H2,1-3H3. The Hall–Kier alpha value is -4.40. The Morgan fingerprint density at radius 2 is 1.52 bits per heavy atom. The number of amides is 1. The molecule has 33 heavy (non-hydrogen) atoms. The first-order chi connectivity index (χ1) is 15.9. The van der Waals surface area contributed by atoms with Gasteiger partial charge in [-0.3, -0.25) is 14.6 Å². The summed E-state index contributed by atoms with van der Waals surface area (Å²) in [4.78, 5) is 33.4. The molecule has 9 nitrogen and oxygen atoms in total. The van der Waals surface area contributed by atoms with E-state index < -0.39 is 0 Å². The Kier molecular flexibility index (Phi) is 6.21. The molecule has 166 valence electrons. The molecule has 0 fully saturated rings. The van der Waals surface area contributed by atoms with E-state index in [0.717, 1.165) is 16.7 Å². The van der Waals surface area contributed by atoms with E-state index in [1.165, 1.54) is 11.8 Å². The molecule has 0 spiro atoms. The highest BCUT2D eigenvalue weighted by molar-refractivity contribution is 5.94. The molecule has 0 N–H and O–H groups in total. The number of rotatable bonds is 6. The van der Waals surface area contributed by atoms with Crippen LogP contribution in [0.4, 0.5) is 0 Å². The van der Waals surface area contributed by atoms with Crippen LogP contribution in [-0.2, 0) is 16.1 Å². The SMILES string of the molecule is CC(=O)OCc1ccc(-c2nnc(-c3cncc(-c4ccc(C(=O)N(C)C)cc4)n3)o2)cc1. The van der Waals surface area contributed by atoms with Gasteiger partial charge in [-0.25, -0.2) is 4.98 Å². The summed E-state index contributed by atoms with van der Waals surface area (Å²) in [6.07, 6.45) is 3.18. The van der Waals surface area contributed by atoms with E-state index in [1.807, 2.05) is 36.4 Å². The number of benzene rings is 2. The lowest BCUT2D eigenvalue weighted by molar-refractivity contribution is -0.142. The minimum atomic E-state index is -0.332. The number of ether oxygens (including phenoxy) is 1. The van der Waals surface area contributed by atoms with Crippen molar-refractivity contribution in [3.05, 3.63) is 72.1 Å². The smallest absolute Gasteiger partial charge is 0.302 e. The van der Waals surface area contributed by atoms with Gasteiger partial charge in [-0.1, -0.05) is 24.3 Å². The van der Waals surface area contributed by atoms with Gasteiger partial charge >= 0.3 is 5.97 Å². The number of esters is 1. The maximum atomic E-state index is 12.1. The lowest BCUT2D eigenvalue weighted by atomic mass is 10.1. The zero-order valence-corrected chi connectivity index (χ0v) is 18.3. The van der Waals surface area contributed by atoms with Crippen LogP contribution in [0.2, 0.25) is 0 Å². The topological polar surface area (TPSA) is 111 Å². The van der Waals surface area contributed by atoms with Crippen molar-refractivity contribution in [1.29, 1.82) is 0 Å². The van der Waals surface area contributed by atoms with Crippen molar-refractivity contribution < 1.29 is 18.7 Å². The number of aromatic nitrogens is 4. The third-order valence-corrected chi connectivity index (χ3v) is 4.76. The highest BCUT2D eigenvalue weighted by atomic mass is 16.5. The van der Waals surface area contributed by atoms with Crippen LogP contribution >= 0.6 is 0 Å². The predicted octanol–water partition coefficient (Wildman–Crippen LogP) is 3.63. The number of nitrogens with zero attached hydrogens (tertiary/aromatic N) is 5. The van der Waals surface area contributed by atoms with Crippen molar-refractivity contribution in [2.75, 3.05) is 14.1 Å². The molecule has 0 atom stereocenters. The van der Waals surface area contributed by atoms with Crippen molar-refractivity contribution in [3.8, 4) is 34.3 Å². The van der Waals surface area contributed by atoms with Crippen molar-refractivity contribution in [2.24, 2.45) is 0 Å². The fourth-order valence-electron chi connectivity index (χ4n) is 3.02. The summed E-state index contributed by atoms with van der Waals surface area (Å²) < 4.78 is 10.8. The van der Waals surface area contributed by atoms with E-state index in [1.54, 1.807) is 38.6 Å². The number of carbonyl (C=O) groups excluding carboxylic acids is 2.